The van der Waals surface area contributed by atoms with Gasteiger partial charge in [-0.3, -0.25) is 14.7 Å². The number of hydrogen-bond donors (Lipinski definition) is 2. The summed E-state index contributed by atoms with van der Waals surface area (Å²) in [6.45, 7) is 10.8. The van der Waals surface area contributed by atoms with E-state index in [1.165, 1.54) is 36.9 Å². The number of rotatable bonds is 6. The number of piperidine rings is 1. The van der Waals surface area contributed by atoms with Crippen molar-refractivity contribution >= 4 is 35.8 Å². The Bertz CT molecular complexity index is 721. The summed E-state index contributed by atoms with van der Waals surface area (Å²) in [6.07, 6.45) is 4.97. The van der Waals surface area contributed by atoms with Crippen LogP contribution in [0.15, 0.2) is 29.3 Å². The number of likely N-dealkylation sites (tertiary alicyclic amines) is 2. The summed E-state index contributed by atoms with van der Waals surface area (Å²) in [5, 5.41) is 6.88. The first-order valence-electron chi connectivity index (χ1n) is 11.5. The van der Waals surface area contributed by atoms with Crippen molar-refractivity contribution in [2.45, 2.75) is 71.6 Å². The van der Waals surface area contributed by atoms with E-state index in [9.17, 15) is 4.79 Å². The quantitative estimate of drug-likeness (QED) is 0.329. The van der Waals surface area contributed by atoms with E-state index in [-0.39, 0.29) is 41.8 Å². The Kier molecular flexibility index (Phi) is 10.6. The van der Waals surface area contributed by atoms with Gasteiger partial charge in [0.2, 0.25) is 5.91 Å². The van der Waals surface area contributed by atoms with E-state index in [1.807, 2.05) is 18.7 Å². The molecule has 0 aromatic heterocycles. The molecule has 2 saturated heterocycles. The predicted molar refractivity (Wildman–Crippen MR) is 139 cm³/mol. The van der Waals surface area contributed by atoms with E-state index >= 15 is 0 Å². The molecular formula is C24H40IN5O. The molecule has 7 heteroatoms. The van der Waals surface area contributed by atoms with Gasteiger partial charge < -0.3 is 15.5 Å². The highest BCUT2D eigenvalue weighted by molar-refractivity contribution is 14.0. The average molecular weight is 542 g/mol. The van der Waals surface area contributed by atoms with Gasteiger partial charge in [-0.25, -0.2) is 0 Å². The molecule has 1 aromatic rings. The van der Waals surface area contributed by atoms with E-state index in [0.717, 1.165) is 38.6 Å². The molecule has 2 heterocycles. The molecule has 0 spiro atoms. The van der Waals surface area contributed by atoms with E-state index in [1.54, 1.807) is 7.05 Å². The molecular weight excluding hydrogens is 501 g/mol. The minimum absolute atomic E-state index is 0. The summed E-state index contributed by atoms with van der Waals surface area (Å²) in [4.78, 5) is 21.1. The Morgan fingerprint density at radius 2 is 1.84 bits per heavy atom. The van der Waals surface area contributed by atoms with Gasteiger partial charge >= 0.3 is 0 Å². The minimum Gasteiger partial charge on any atom is -0.352 e. The van der Waals surface area contributed by atoms with Crippen LogP contribution in [0.5, 0.6) is 0 Å². The third-order valence-electron chi connectivity index (χ3n) is 6.37. The van der Waals surface area contributed by atoms with Gasteiger partial charge in [0.15, 0.2) is 5.96 Å². The van der Waals surface area contributed by atoms with Gasteiger partial charge in [-0.15, -0.1) is 24.0 Å². The monoisotopic (exact) mass is 541 g/mol. The molecule has 6 nitrogen and oxygen atoms in total. The summed E-state index contributed by atoms with van der Waals surface area (Å²) in [7, 11) is 1.80. The molecule has 0 saturated carbocycles. The van der Waals surface area contributed by atoms with Crippen molar-refractivity contribution < 1.29 is 4.79 Å². The minimum atomic E-state index is 0. The van der Waals surface area contributed by atoms with Gasteiger partial charge in [0.1, 0.15) is 0 Å². The Morgan fingerprint density at radius 1 is 1.13 bits per heavy atom. The highest BCUT2D eigenvalue weighted by atomic mass is 127. The number of halogens is 1. The molecule has 0 aliphatic carbocycles. The first-order chi connectivity index (χ1) is 14.5. The number of guanidine groups is 1. The van der Waals surface area contributed by atoms with Gasteiger partial charge in [-0.2, -0.15) is 0 Å². The first kappa shape index (κ1) is 25.9. The summed E-state index contributed by atoms with van der Waals surface area (Å²) < 4.78 is 0. The van der Waals surface area contributed by atoms with Crippen molar-refractivity contribution in [2.24, 2.45) is 10.9 Å². The van der Waals surface area contributed by atoms with Crippen LogP contribution in [0.25, 0.3) is 0 Å². The number of aliphatic imine (C=N–C) groups is 1. The van der Waals surface area contributed by atoms with Crippen molar-refractivity contribution in [3.63, 3.8) is 0 Å². The maximum atomic E-state index is 12.2. The number of benzene rings is 1. The number of hydrogen-bond acceptors (Lipinski definition) is 3. The average Bonchev–Trinajstić information content (AvgIpc) is 3.21. The highest BCUT2D eigenvalue weighted by Crippen LogP contribution is 2.19. The molecule has 31 heavy (non-hydrogen) atoms. The number of nitrogens with one attached hydrogen (secondary N) is 2. The second kappa shape index (κ2) is 12.6. The fourth-order valence-electron chi connectivity index (χ4n) is 4.41. The molecule has 2 fully saturated rings. The van der Waals surface area contributed by atoms with Gasteiger partial charge in [0.25, 0.3) is 0 Å². The third-order valence-corrected chi connectivity index (χ3v) is 6.37. The Morgan fingerprint density at radius 3 is 2.48 bits per heavy atom. The zero-order valence-corrected chi connectivity index (χ0v) is 21.9. The summed E-state index contributed by atoms with van der Waals surface area (Å²) >= 11 is 0. The maximum absolute atomic E-state index is 12.2. The smallest absolute Gasteiger partial charge is 0.225 e. The number of amides is 1. The van der Waals surface area contributed by atoms with Crippen molar-refractivity contribution in [3.05, 3.63) is 35.4 Å². The maximum Gasteiger partial charge on any atom is 0.225 e. The topological polar surface area (TPSA) is 60.0 Å². The predicted octanol–water partition coefficient (Wildman–Crippen LogP) is 3.60. The fourth-order valence-corrected chi connectivity index (χ4v) is 4.41. The molecule has 174 valence electrons. The number of carbonyl (C=O) groups is 1. The molecule has 3 rings (SSSR count). The molecule has 0 radical (unpaired) electrons. The summed E-state index contributed by atoms with van der Waals surface area (Å²) in [5.74, 6) is 1.09. The van der Waals surface area contributed by atoms with Crippen LogP contribution in [0, 0.1) is 5.92 Å². The van der Waals surface area contributed by atoms with Gasteiger partial charge in [0.05, 0.1) is 0 Å². The largest absolute Gasteiger partial charge is 0.352 e. The Labute approximate surface area is 205 Å². The summed E-state index contributed by atoms with van der Waals surface area (Å²) in [6, 6.07) is 9.87. The van der Waals surface area contributed by atoms with Crippen LogP contribution < -0.4 is 10.6 Å². The number of carbonyl (C=O) groups excluding carboxylic acids is 1. The van der Waals surface area contributed by atoms with Gasteiger partial charge in [-0.05, 0) is 43.9 Å². The number of nitrogens with zero attached hydrogens (tertiary/aromatic N) is 3. The molecule has 2 aliphatic heterocycles. The molecule has 1 aromatic carbocycles. The van der Waals surface area contributed by atoms with Crippen LogP contribution >= 0.6 is 24.0 Å². The van der Waals surface area contributed by atoms with Crippen LogP contribution in [0.1, 0.15) is 57.6 Å². The molecule has 2 aliphatic rings. The van der Waals surface area contributed by atoms with Crippen molar-refractivity contribution in [3.8, 4) is 0 Å². The second-order valence-corrected chi connectivity index (χ2v) is 9.13. The summed E-state index contributed by atoms with van der Waals surface area (Å²) in [5.41, 5.74) is 2.63. The lowest BCUT2D eigenvalue weighted by atomic mass is 10.0. The Balaban J connectivity index is 0.00000341. The third kappa shape index (κ3) is 7.63. The SMILES string of the molecule is CN=C(NCc1ccc(CN2CCCCC2C)cc1)NC1CCN(C(=O)C(C)C)C1.I. The molecule has 0 bridgehead atoms. The van der Waals surface area contributed by atoms with E-state index in [0.29, 0.717) is 6.04 Å². The lowest BCUT2D eigenvalue weighted by Crippen LogP contribution is -2.45. The van der Waals surface area contributed by atoms with E-state index in [2.05, 4.69) is 51.7 Å². The first-order valence-corrected chi connectivity index (χ1v) is 11.5. The normalized spacial score (nSPS) is 22.4. The highest BCUT2D eigenvalue weighted by Gasteiger charge is 2.28. The van der Waals surface area contributed by atoms with Crippen LogP contribution in [-0.4, -0.2) is 60.4 Å². The van der Waals surface area contributed by atoms with E-state index < -0.39 is 0 Å². The van der Waals surface area contributed by atoms with E-state index in [4.69, 9.17) is 0 Å². The zero-order valence-electron chi connectivity index (χ0n) is 19.6. The van der Waals surface area contributed by atoms with Crippen LogP contribution in [-0.2, 0) is 17.9 Å². The van der Waals surface area contributed by atoms with Crippen LogP contribution in [0.4, 0.5) is 0 Å². The van der Waals surface area contributed by atoms with Crippen LogP contribution in [0.2, 0.25) is 0 Å². The van der Waals surface area contributed by atoms with Crippen LogP contribution in [0.3, 0.4) is 0 Å². The van der Waals surface area contributed by atoms with Crippen molar-refractivity contribution in [2.75, 3.05) is 26.7 Å². The molecule has 2 unspecified atom stereocenters. The molecule has 1 amide bonds. The Hall–Kier alpha value is -1.35. The second-order valence-electron chi connectivity index (χ2n) is 9.13. The lowest BCUT2D eigenvalue weighted by Gasteiger charge is -2.33. The standard InChI is InChI=1S/C24H39N5O.HI/c1-18(2)23(30)29-14-12-22(17-29)27-24(25-4)26-15-20-8-10-21(11-9-20)16-28-13-6-5-7-19(28)3;/h8-11,18-19,22H,5-7,12-17H2,1-4H3,(H2,25,26,27);1H. The molecule has 2 N–H and O–H groups in total. The lowest BCUT2D eigenvalue weighted by molar-refractivity contribution is -0.133. The molecule has 2 atom stereocenters. The zero-order chi connectivity index (χ0) is 21.5. The van der Waals surface area contributed by atoms with Crippen molar-refractivity contribution in [1.29, 1.82) is 0 Å². The van der Waals surface area contributed by atoms with Gasteiger partial charge in [0, 0.05) is 51.2 Å². The van der Waals surface area contributed by atoms with Gasteiger partial charge in [-0.1, -0.05) is 44.5 Å². The fraction of sp³-hybridized carbons (Fsp3) is 0.667. The van der Waals surface area contributed by atoms with Crippen molar-refractivity contribution in [1.82, 2.24) is 20.4 Å².